The number of benzene rings is 1. The average molecular weight is 242 g/mol. The molecule has 2 unspecified atom stereocenters. The van der Waals surface area contributed by atoms with E-state index in [1.165, 1.54) is 0 Å². The lowest BCUT2D eigenvalue weighted by molar-refractivity contribution is -0.0494. The van der Waals surface area contributed by atoms with Crippen LogP contribution in [-0.4, -0.2) is 24.2 Å². The molecule has 17 heavy (non-hydrogen) atoms. The van der Waals surface area contributed by atoms with E-state index in [0.29, 0.717) is 6.42 Å². The summed E-state index contributed by atoms with van der Waals surface area (Å²) >= 11 is 0. The second-order valence-electron chi connectivity index (χ2n) is 4.42. The second-order valence-corrected chi connectivity index (χ2v) is 4.42. The molecule has 2 rings (SSSR count). The van der Waals surface area contributed by atoms with Gasteiger partial charge in [-0.25, -0.2) is 8.78 Å². The van der Waals surface area contributed by atoms with Crippen LogP contribution in [0, 0.1) is 0 Å². The number of nitrogens with one attached hydrogen (secondary N) is 1. The zero-order valence-corrected chi connectivity index (χ0v) is 9.37. The van der Waals surface area contributed by atoms with Crippen LogP contribution in [0.5, 0.6) is 0 Å². The van der Waals surface area contributed by atoms with Crippen molar-refractivity contribution in [2.75, 3.05) is 13.2 Å². The predicted molar refractivity (Wildman–Crippen MR) is 60.8 cm³/mol. The van der Waals surface area contributed by atoms with Gasteiger partial charge in [-0.1, -0.05) is 24.3 Å². The molecule has 5 heteroatoms. The van der Waals surface area contributed by atoms with Gasteiger partial charge in [-0.2, -0.15) is 0 Å². The van der Waals surface area contributed by atoms with Gasteiger partial charge in [0.15, 0.2) is 0 Å². The lowest BCUT2D eigenvalue weighted by Gasteiger charge is -2.19. The quantitative estimate of drug-likeness (QED) is 0.747. The van der Waals surface area contributed by atoms with Gasteiger partial charge in [0.1, 0.15) is 6.61 Å². The predicted octanol–water partition coefficient (Wildman–Crippen LogP) is 1.35. The number of hydrogen-bond acceptors (Lipinski definition) is 3. The Hall–Kier alpha value is -1.04. The maximum absolute atomic E-state index is 12.9. The van der Waals surface area contributed by atoms with E-state index in [4.69, 9.17) is 10.8 Å². The lowest BCUT2D eigenvalue weighted by Crippen LogP contribution is -2.37. The third-order valence-corrected chi connectivity index (χ3v) is 3.10. The molecule has 3 nitrogen and oxygen atoms in total. The minimum absolute atomic E-state index is 0.105. The van der Waals surface area contributed by atoms with Crippen LogP contribution in [0.25, 0.3) is 0 Å². The van der Waals surface area contributed by atoms with Crippen molar-refractivity contribution in [1.29, 1.82) is 0 Å². The molecule has 2 atom stereocenters. The normalized spacial score (nSPS) is 23.8. The maximum Gasteiger partial charge on any atom is 0.282 e. The van der Waals surface area contributed by atoms with Crippen molar-refractivity contribution in [2.24, 2.45) is 5.73 Å². The first-order chi connectivity index (χ1) is 8.03. The molecule has 0 spiro atoms. The molecule has 1 aromatic carbocycles. The Kier molecular flexibility index (Phi) is 3.42. The molecule has 0 aromatic heterocycles. The standard InChI is InChI=1S/C12H16F2N2O/c13-12(14,7-17)6-16-11-5-10(15)8-3-1-2-4-9(8)11/h1-4,10-11,16-17H,5-7,15H2. The Morgan fingerprint density at radius 3 is 2.65 bits per heavy atom. The molecule has 0 aliphatic heterocycles. The van der Waals surface area contributed by atoms with E-state index in [1.54, 1.807) is 0 Å². The summed E-state index contributed by atoms with van der Waals surface area (Å²) in [5.41, 5.74) is 7.92. The highest BCUT2D eigenvalue weighted by atomic mass is 19.3. The van der Waals surface area contributed by atoms with Crippen LogP contribution in [0.3, 0.4) is 0 Å². The van der Waals surface area contributed by atoms with Crippen LogP contribution < -0.4 is 11.1 Å². The zero-order chi connectivity index (χ0) is 12.5. The summed E-state index contributed by atoms with van der Waals surface area (Å²) in [5, 5.41) is 11.3. The summed E-state index contributed by atoms with van der Waals surface area (Å²) in [5.74, 6) is -3.08. The van der Waals surface area contributed by atoms with Crippen LogP contribution in [0.2, 0.25) is 0 Å². The largest absolute Gasteiger partial charge is 0.390 e. The van der Waals surface area contributed by atoms with E-state index in [9.17, 15) is 8.78 Å². The SMILES string of the molecule is NC1CC(NCC(F)(F)CO)c2ccccc21. The molecule has 4 N–H and O–H groups in total. The summed E-state index contributed by atoms with van der Waals surface area (Å²) in [6.07, 6.45) is 0.612. The number of fused-ring (bicyclic) bond motifs is 1. The molecule has 94 valence electrons. The number of hydrogen-bond donors (Lipinski definition) is 3. The second kappa shape index (κ2) is 4.68. The van der Waals surface area contributed by atoms with Crippen LogP contribution in [0.4, 0.5) is 8.78 Å². The van der Waals surface area contributed by atoms with E-state index < -0.39 is 19.1 Å². The Morgan fingerprint density at radius 1 is 1.35 bits per heavy atom. The van der Waals surface area contributed by atoms with Crippen LogP contribution in [0.1, 0.15) is 29.6 Å². The molecular weight excluding hydrogens is 226 g/mol. The minimum atomic E-state index is -3.08. The number of alkyl halides is 2. The van der Waals surface area contributed by atoms with Gasteiger partial charge in [-0.3, -0.25) is 0 Å². The molecule has 0 radical (unpaired) electrons. The monoisotopic (exact) mass is 242 g/mol. The van der Waals surface area contributed by atoms with E-state index >= 15 is 0 Å². The topological polar surface area (TPSA) is 58.3 Å². The molecule has 1 aliphatic rings. The van der Waals surface area contributed by atoms with Gasteiger partial charge in [-0.15, -0.1) is 0 Å². The molecule has 1 aromatic rings. The number of halogens is 2. The van der Waals surface area contributed by atoms with Crippen molar-refractivity contribution in [3.8, 4) is 0 Å². The third-order valence-electron chi connectivity index (χ3n) is 3.10. The summed E-state index contributed by atoms with van der Waals surface area (Å²) in [6.45, 7) is -1.67. The summed E-state index contributed by atoms with van der Waals surface area (Å²) in [4.78, 5) is 0. The highest BCUT2D eigenvalue weighted by molar-refractivity contribution is 5.37. The molecule has 1 aliphatic carbocycles. The van der Waals surface area contributed by atoms with Crippen LogP contribution in [0.15, 0.2) is 24.3 Å². The Morgan fingerprint density at radius 2 is 2.00 bits per heavy atom. The van der Waals surface area contributed by atoms with Crippen molar-refractivity contribution >= 4 is 0 Å². The molecular formula is C12H16F2N2O. The van der Waals surface area contributed by atoms with Gasteiger partial charge in [0.2, 0.25) is 0 Å². The first-order valence-corrected chi connectivity index (χ1v) is 5.60. The molecule has 0 fully saturated rings. The molecule has 0 bridgehead atoms. The molecule has 0 amide bonds. The lowest BCUT2D eigenvalue weighted by atomic mass is 10.1. The van der Waals surface area contributed by atoms with Crippen molar-refractivity contribution < 1.29 is 13.9 Å². The molecule has 0 saturated heterocycles. The Bertz CT molecular complexity index is 398. The average Bonchev–Trinajstić information content (AvgIpc) is 2.65. The van der Waals surface area contributed by atoms with Crippen molar-refractivity contribution in [3.63, 3.8) is 0 Å². The van der Waals surface area contributed by atoms with E-state index in [-0.39, 0.29) is 12.1 Å². The number of aliphatic hydroxyl groups is 1. The Balaban J connectivity index is 2.05. The smallest absolute Gasteiger partial charge is 0.282 e. The van der Waals surface area contributed by atoms with Crippen molar-refractivity contribution in [2.45, 2.75) is 24.4 Å². The van der Waals surface area contributed by atoms with Gasteiger partial charge >= 0.3 is 0 Å². The molecule has 0 saturated carbocycles. The fourth-order valence-corrected chi connectivity index (χ4v) is 2.20. The molecule has 0 heterocycles. The maximum atomic E-state index is 12.9. The number of aliphatic hydroxyl groups excluding tert-OH is 1. The van der Waals surface area contributed by atoms with Gasteiger partial charge in [0, 0.05) is 12.1 Å². The Labute approximate surface area is 98.6 Å². The van der Waals surface area contributed by atoms with Gasteiger partial charge < -0.3 is 16.2 Å². The van der Waals surface area contributed by atoms with E-state index in [2.05, 4.69) is 5.32 Å². The zero-order valence-electron chi connectivity index (χ0n) is 9.37. The fraction of sp³-hybridized carbons (Fsp3) is 0.500. The van der Waals surface area contributed by atoms with Crippen molar-refractivity contribution in [1.82, 2.24) is 5.32 Å². The van der Waals surface area contributed by atoms with Gasteiger partial charge in [0.25, 0.3) is 5.92 Å². The minimum Gasteiger partial charge on any atom is -0.390 e. The summed E-state index contributed by atoms with van der Waals surface area (Å²) in [7, 11) is 0. The van der Waals surface area contributed by atoms with E-state index in [1.807, 2.05) is 24.3 Å². The number of rotatable bonds is 4. The fourth-order valence-electron chi connectivity index (χ4n) is 2.20. The van der Waals surface area contributed by atoms with Crippen LogP contribution in [-0.2, 0) is 0 Å². The summed E-state index contributed by atoms with van der Waals surface area (Å²) < 4.78 is 25.9. The third kappa shape index (κ3) is 2.62. The highest BCUT2D eigenvalue weighted by Gasteiger charge is 2.32. The first-order valence-electron chi connectivity index (χ1n) is 5.60. The van der Waals surface area contributed by atoms with E-state index in [0.717, 1.165) is 11.1 Å². The van der Waals surface area contributed by atoms with Crippen molar-refractivity contribution in [3.05, 3.63) is 35.4 Å². The first kappa shape index (κ1) is 12.4. The summed E-state index contributed by atoms with van der Waals surface area (Å²) in [6, 6.07) is 7.33. The van der Waals surface area contributed by atoms with Gasteiger partial charge in [-0.05, 0) is 17.5 Å². The van der Waals surface area contributed by atoms with Gasteiger partial charge in [0.05, 0.1) is 6.54 Å². The van der Waals surface area contributed by atoms with Crippen LogP contribution >= 0.6 is 0 Å². The number of nitrogens with two attached hydrogens (primary N) is 1. The highest BCUT2D eigenvalue weighted by Crippen LogP contribution is 2.37.